The Hall–Kier alpha value is -1.45. The molecule has 6 atom stereocenters. The third kappa shape index (κ3) is 2.44. The number of ketones is 2. The molecule has 0 bridgehead atoms. The molecule has 4 nitrogen and oxygen atoms in total. The highest BCUT2D eigenvalue weighted by atomic mass is 16.6. The van der Waals surface area contributed by atoms with Crippen molar-refractivity contribution in [3.8, 4) is 0 Å². The summed E-state index contributed by atoms with van der Waals surface area (Å²) in [6, 6.07) is 0. The highest BCUT2D eigenvalue weighted by molar-refractivity contribution is 5.91. The van der Waals surface area contributed by atoms with E-state index in [4.69, 9.17) is 4.74 Å². The quantitative estimate of drug-likeness (QED) is 0.674. The molecule has 0 spiro atoms. The molecule has 0 N–H and O–H groups in total. The molecule has 0 aromatic carbocycles. The fourth-order valence-corrected chi connectivity index (χ4v) is 7.62. The van der Waals surface area contributed by atoms with Crippen molar-refractivity contribution in [3.63, 3.8) is 0 Å². The lowest BCUT2D eigenvalue weighted by Gasteiger charge is -2.59. The topological polar surface area (TPSA) is 60.4 Å². The second-order valence-corrected chi connectivity index (χ2v) is 9.94. The molecular formula is C23H32O4. The van der Waals surface area contributed by atoms with Crippen molar-refractivity contribution in [3.05, 3.63) is 11.6 Å². The van der Waals surface area contributed by atoms with Gasteiger partial charge in [0, 0.05) is 18.8 Å². The van der Waals surface area contributed by atoms with Crippen molar-refractivity contribution >= 4 is 17.5 Å². The molecule has 0 aromatic heterocycles. The summed E-state index contributed by atoms with van der Waals surface area (Å²) in [6.07, 6.45) is 9.23. The molecule has 0 radical (unpaired) electrons. The minimum Gasteiger partial charge on any atom is -0.451 e. The van der Waals surface area contributed by atoms with Gasteiger partial charge in [0.1, 0.15) is 0 Å². The molecule has 0 saturated heterocycles. The Kier molecular flexibility index (Phi) is 4.21. The number of carbonyl (C=O) groups is 3. The van der Waals surface area contributed by atoms with Gasteiger partial charge in [-0.05, 0) is 81.1 Å². The van der Waals surface area contributed by atoms with E-state index >= 15 is 0 Å². The zero-order chi connectivity index (χ0) is 19.6. The first-order valence-electron chi connectivity index (χ1n) is 10.6. The summed E-state index contributed by atoms with van der Waals surface area (Å²) in [6.45, 7) is 7.58. The van der Waals surface area contributed by atoms with Crippen LogP contribution in [-0.4, -0.2) is 23.1 Å². The Bertz CT molecular complexity index is 737. The highest BCUT2D eigenvalue weighted by Gasteiger charge is 2.67. The Morgan fingerprint density at radius 2 is 1.70 bits per heavy atom. The van der Waals surface area contributed by atoms with Gasteiger partial charge in [-0.25, -0.2) is 0 Å². The molecule has 4 rings (SSSR count). The molecule has 0 amide bonds. The van der Waals surface area contributed by atoms with Crippen LogP contribution in [0.3, 0.4) is 0 Å². The zero-order valence-electron chi connectivity index (χ0n) is 17.1. The largest absolute Gasteiger partial charge is 0.451 e. The Balaban J connectivity index is 1.70. The molecule has 4 aliphatic carbocycles. The maximum Gasteiger partial charge on any atom is 0.303 e. The molecule has 27 heavy (non-hydrogen) atoms. The van der Waals surface area contributed by atoms with Gasteiger partial charge in [-0.2, -0.15) is 0 Å². The lowest BCUT2D eigenvalue weighted by atomic mass is 9.46. The predicted molar refractivity (Wildman–Crippen MR) is 102 cm³/mol. The number of esters is 1. The predicted octanol–water partition coefficient (Wildman–Crippen LogP) is 4.41. The van der Waals surface area contributed by atoms with E-state index in [9.17, 15) is 14.4 Å². The van der Waals surface area contributed by atoms with Crippen LogP contribution >= 0.6 is 0 Å². The summed E-state index contributed by atoms with van der Waals surface area (Å²) in [7, 11) is 0. The number of carbonyl (C=O) groups excluding carboxylic acids is 3. The van der Waals surface area contributed by atoms with Gasteiger partial charge in [-0.3, -0.25) is 14.4 Å². The van der Waals surface area contributed by atoms with Crippen LogP contribution < -0.4 is 0 Å². The number of allylic oxidation sites excluding steroid dienone is 1. The van der Waals surface area contributed by atoms with Gasteiger partial charge in [0.15, 0.2) is 17.2 Å². The van der Waals surface area contributed by atoms with Crippen molar-refractivity contribution in [1.29, 1.82) is 0 Å². The molecular weight excluding hydrogens is 340 g/mol. The van der Waals surface area contributed by atoms with Crippen LogP contribution in [0, 0.1) is 28.6 Å². The van der Waals surface area contributed by atoms with Crippen molar-refractivity contribution < 1.29 is 19.1 Å². The van der Waals surface area contributed by atoms with Crippen LogP contribution in [0.15, 0.2) is 11.6 Å². The van der Waals surface area contributed by atoms with Gasteiger partial charge >= 0.3 is 5.97 Å². The number of rotatable bonds is 2. The van der Waals surface area contributed by atoms with Crippen LogP contribution in [0.4, 0.5) is 0 Å². The van der Waals surface area contributed by atoms with E-state index < -0.39 is 5.60 Å². The normalized spacial score (nSPS) is 46.0. The Morgan fingerprint density at radius 1 is 1.00 bits per heavy atom. The molecule has 148 valence electrons. The van der Waals surface area contributed by atoms with Gasteiger partial charge in [0.05, 0.1) is 0 Å². The SMILES string of the molecule is CC(=O)O[C@@]1(C(C)=O)CC[C@@H]2[C@H]3CCC4=CC(=O)CC[C@]4(C)[C@H]3CC[C@]21C. The summed E-state index contributed by atoms with van der Waals surface area (Å²) < 4.78 is 5.81. The Morgan fingerprint density at radius 3 is 2.37 bits per heavy atom. The van der Waals surface area contributed by atoms with Crippen LogP contribution in [0.5, 0.6) is 0 Å². The smallest absolute Gasteiger partial charge is 0.303 e. The Labute approximate surface area is 162 Å². The molecule has 4 aliphatic rings. The minimum absolute atomic E-state index is 0.00650. The van der Waals surface area contributed by atoms with E-state index in [1.807, 2.05) is 6.08 Å². The van der Waals surface area contributed by atoms with Crippen LogP contribution in [0.2, 0.25) is 0 Å². The number of ether oxygens (including phenoxy) is 1. The van der Waals surface area contributed by atoms with Gasteiger partial charge in [-0.1, -0.05) is 19.4 Å². The summed E-state index contributed by atoms with van der Waals surface area (Å²) in [4.78, 5) is 36.5. The molecule has 3 saturated carbocycles. The summed E-state index contributed by atoms with van der Waals surface area (Å²) in [5.74, 6) is 1.48. The van der Waals surface area contributed by atoms with Gasteiger partial charge < -0.3 is 4.74 Å². The van der Waals surface area contributed by atoms with Crippen LogP contribution in [-0.2, 0) is 19.1 Å². The van der Waals surface area contributed by atoms with Crippen molar-refractivity contribution in [1.82, 2.24) is 0 Å². The van der Waals surface area contributed by atoms with Gasteiger partial charge in [0.2, 0.25) is 0 Å². The number of hydrogen-bond donors (Lipinski definition) is 0. The average molecular weight is 373 g/mol. The standard InChI is InChI=1S/C23H32O4/c1-14(24)23(27-15(2)25)12-9-20-18-6-5-16-13-17(26)7-10-21(16,3)19(18)8-11-22(20,23)4/h13,18-20H,5-12H2,1-4H3/t18-,19-,20+,21-,22+,23+/m0/s1. The summed E-state index contributed by atoms with van der Waals surface area (Å²) in [5, 5.41) is 0. The first-order valence-corrected chi connectivity index (χ1v) is 10.6. The third-order valence-corrected chi connectivity index (χ3v) is 8.97. The molecule has 3 fully saturated rings. The molecule has 4 heteroatoms. The number of fused-ring (bicyclic) bond motifs is 5. The summed E-state index contributed by atoms with van der Waals surface area (Å²) in [5.41, 5.74) is 0.266. The number of Topliss-reactive ketones (excluding diaryl/α,β-unsaturated/α-hetero) is 1. The average Bonchev–Trinajstić information content (AvgIpc) is 2.89. The monoisotopic (exact) mass is 372 g/mol. The van der Waals surface area contributed by atoms with E-state index in [2.05, 4.69) is 13.8 Å². The summed E-state index contributed by atoms with van der Waals surface area (Å²) >= 11 is 0. The maximum absolute atomic E-state index is 12.7. The van der Waals surface area contributed by atoms with Gasteiger partial charge in [0.25, 0.3) is 0 Å². The van der Waals surface area contributed by atoms with E-state index in [0.29, 0.717) is 30.6 Å². The van der Waals surface area contributed by atoms with E-state index in [0.717, 1.165) is 38.5 Å². The van der Waals surface area contributed by atoms with Crippen molar-refractivity contribution in [2.75, 3.05) is 0 Å². The highest BCUT2D eigenvalue weighted by Crippen LogP contribution is 2.68. The second-order valence-electron chi connectivity index (χ2n) is 9.94. The zero-order valence-corrected chi connectivity index (χ0v) is 17.1. The molecule has 0 unspecified atom stereocenters. The van der Waals surface area contributed by atoms with E-state index in [1.54, 1.807) is 6.92 Å². The van der Waals surface area contributed by atoms with Crippen molar-refractivity contribution in [2.24, 2.45) is 28.6 Å². The molecule has 0 heterocycles. The van der Waals surface area contributed by atoms with E-state index in [-0.39, 0.29) is 28.4 Å². The van der Waals surface area contributed by atoms with Crippen molar-refractivity contribution in [2.45, 2.75) is 84.7 Å². The maximum atomic E-state index is 12.7. The van der Waals surface area contributed by atoms with Crippen LogP contribution in [0.25, 0.3) is 0 Å². The first-order chi connectivity index (χ1) is 12.6. The molecule has 0 aromatic rings. The lowest BCUT2D eigenvalue weighted by molar-refractivity contribution is -0.187. The third-order valence-electron chi connectivity index (χ3n) is 8.97. The van der Waals surface area contributed by atoms with E-state index in [1.165, 1.54) is 12.5 Å². The fourth-order valence-electron chi connectivity index (χ4n) is 7.62. The molecule has 0 aliphatic heterocycles. The fraction of sp³-hybridized carbons (Fsp3) is 0.783. The number of hydrogen-bond acceptors (Lipinski definition) is 4. The second kappa shape index (κ2) is 6.02. The van der Waals surface area contributed by atoms with Crippen LogP contribution in [0.1, 0.15) is 79.1 Å². The minimum atomic E-state index is -0.950. The lowest BCUT2D eigenvalue weighted by Crippen LogP contribution is -2.58. The van der Waals surface area contributed by atoms with Gasteiger partial charge in [-0.15, -0.1) is 0 Å². The first kappa shape index (κ1) is 18.9.